The molecule has 116 valence electrons. The van der Waals surface area contributed by atoms with Gasteiger partial charge in [-0.15, -0.1) is 0 Å². The molecule has 0 bridgehead atoms. The topological polar surface area (TPSA) is 49.0 Å². The molecular weight excluding hydrogens is 318 g/mol. The molecule has 1 aliphatic rings. The number of halogens is 1. The Bertz CT molecular complexity index is 663. The number of aryl methyl sites for hydroxylation is 1. The van der Waals surface area contributed by atoms with Crippen LogP contribution < -0.4 is 0 Å². The summed E-state index contributed by atoms with van der Waals surface area (Å²) in [6, 6.07) is 7.55. The summed E-state index contributed by atoms with van der Waals surface area (Å²) in [5, 5.41) is 8.07. The Kier molecular flexibility index (Phi) is 4.74. The third-order valence-electron chi connectivity index (χ3n) is 3.88. The summed E-state index contributed by atoms with van der Waals surface area (Å²) in [5.74, 6) is 2.24. The molecule has 0 saturated carbocycles. The van der Waals surface area contributed by atoms with Crippen molar-refractivity contribution in [2.75, 3.05) is 24.6 Å². The third kappa shape index (κ3) is 3.31. The van der Waals surface area contributed by atoms with E-state index in [2.05, 4.69) is 10.2 Å². The fourth-order valence-corrected chi connectivity index (χ4v) is 3.62. The Labute approximate surface area is 139 Å². The molecule has 1 aliphatic heterocycles. The molecule has 22 heavy (non-hydrogen) atoms. The van der Waals surface area contributed by atoms with Gasteiger partial charge in [-0.05, 0) is 19.1 Å². The van der Waals surface area contributed by atoms with E-state index < -0.39 is 0 Å². The molecule has 0 atom stereocenters. The summed E-state index contributed by atoms with van der Waals surface area (Å²) < 4.78 is 0. The van der Waals surface area contributed by atoms with Crippen molar-refractivity contribution in [2.24, 2.45) is 0 Å². The van der Waals surface area contributed by atoms with Gasteiger partial charge in [0.25, 0.3) is 0 Å². The Morgan fingerprint density at radius 3 is 2.68 bits per heavy atom. The molecule has 1 aromatic heterocycles. The van der Waals surface area contributed by atoms with Gasteiger partial charge in [0, 0.05) is 46.4 Å². The summed E-state index contributed by atoms with van der Waals surface area (Å²) in [4.78, 5) is 14.5. The first kappa shape index (κ1) is 15.4. The molecule has 0 aliphatic carbocycles. The highest BCUT2D eigenvalue weighted by molar-refractivity contribution is 7.99. The fraction of sp³-hybridized carbons (Fsp3) is 0.375. The van der Waals surface area contributed by atoms with Gasteiger partial charge in [0.15, 0.2) is 0 Å². The van der Waals surface area contributed by atoms with Gasteiger partial charge in [-0.1, -0.05) is 23.7 Å². The Balaban J connectivity index is 1.83. The van der Waals surface area contributed by atoms with Gasteiger partial charge in [-0.3, -0.25) is 9.89 Å². The molecule has 1 aromatic carbocycles. The van der Waals surface area contributed by atoms with Gasteiger partial charge < -0.3 is 4.90 Å². The van der Waals surface area contributed by atoms with Gasteiger partial charge in [-0.2, -0.15) is 16.9 Å². The number of hydrogen-bond acceptors (Lipinski definition) is 3. The minimum Gasteiger partial charge on any atom is -0.341 e. The van der Waals surface area contributed by atoms with Crippen LogP contribution in [0.15, 0.2) is 24.3 Å². The molecule has 1 fully saturated rings. The van der Waals surface area contributed by atoms with Gasteiger partial charge in [-0.25, -0.2) is 0 Å². The average Bonchev–Trinajstić information content (AvgIpc) is 2.90. The van der Waals surface area contributed by atoms with Gasteiger partial charge in [0.05, 0.1) is 12.1 Å². The Morgan fingerprint density at radius 1 is 1.32 bits per heavy atom. The number of rotatable bonds is 3. The number of amides is 1. The van der Waals surface area contributed by atoms with E-state index in [1.54, 1.807) is 0 Å². The van der Waals surface area contributed by atoms with E-state index in [0.29, 0.717) is 11.4 Å². The van der Waals surface area contributed by atoms with E-state index in [9.17, 15) is 4.79 Å². The lowest BCUT2D eigenvalue weighted by molar-refractivity contribution is -0.130. The van der Waals surface area contributed by atoms with Gasteiger partial charge in [0.2, 0.25) is 5.91 Å². The SMILES string of the molecule is Cc1[nH]nc(-c2ccc(Cl)cc2)c1CC(=O)N1CCSCC1. The number of carbonyl (C=O) groups is 1. The summed E-state index contributed by atoms with van der Waals surface area (Å²) in [6.45, 7) is 3.65. The molecule has 1 N–H and O–H groups in total. The summed E-state index contributed by atoms with van der Waals surface area (Å²) in [5.41, 5.74) is 3.75. The van der Waals surface area contributed by atoms with Crippen molar-refractivity contribution in [3.05, 3.63) is 40.5 Å². The summed E-state index contributed by atoms with van der Waals surface area (Å²) in [6.07, 6.45) is 0.394. The number of nitrogens with one attached hydrogen (secondary N) is 1. The largest absolute Gasteiger partial charge is 0.341 e. The molecular formula is C16H18ClN3OS. The maximum atomic E-state index is 12.5. The van der Waals surface area contributed by atoms with Crippen LogP contribution in [0.5, 0.6) is 0 Å². The lowest BCUT2D eigenvalue weighted by atomic mass is 10.0. The van der Waals surface area contributed by atoms with E-state index >= 15 is 0 Å². The normalized spacial score (nSPS) is 15.1. The van der Waals surface area contributed by atoms with Crippen LogP contribution in [-0.4, -0.2) is 45.6 Å². The number of carbonyl (C=O) groups excluding carboxylic acids is 1. The van der Waals surface area contributed by atoms with E-state index in [4.69, 9.17) is 11.6 Å². The number of aromatic amines is 1. The average molecular weight is 336 g/mol. The molecule has 2 aromatic rings. The van der Waals surface area contributed by atoms with E-state index in [1.165, 1.54) is 0 Å². The van der Waals surface area contributed by atoms with Crippen LogP contribution in [0.1, 0.15) is 11.3 Å². The van der Waals surface area contributed by atoms with E-state index in [-0.39, 0.29) is 5.91 Å². The first-order valence-electron chi connectivity index (χ1n) is 7.30. The number of aromatic nitrogens is 2. The lowest BCUT2D eigenvalue weighted by Crippen LogP contribution is -2.38. The molecule has 4 nitrogen and oxygen atoms in total. The van der Waals surface area contributed by atoms with Crippen LogP contribution in [0, 0.1) is 6.92 Å². The maximum Gasteiger partial charge on any atom is 0.227 e. The molecule has 0 radical (unpaired) electrons. The Hall–Kier alpha value is -1.46. The molecule has 6 heteroatoms. The van der Waals surface area contributed by atoms with Crippen molar-refractivity contribution in [3.63, 3.8) is 0 Å². The van der Waals surface area contributed by atoms with Gasteiger partial charge >= 0.3 is 0 Å². The second-order valence-corrected chi connectivity index (χ2v) is 7.01. The standard InChI is InChI=1S/C16H18ClN3OS/c1-11-14(10-15(21)20-6-8-22-9-7-20)16(19-18-11)12-2-4-13(17)5-3-12/h2-5H,6-10H2,1H3,(H,18,19). The first-order valence-corrected chi connectivity index (χ1v) is 8.83. The van der Waals surface area contributed by atoms with Crippen LogP contribution in [-0.2, 0) is 11.2 Å². The van der Waals surface area contributed by atoms with Crippen LogP contribution in [0.4, 0.5) is 0 Å². The lowest BCUT2D eigenvalue weighted by Gasteiger charge is -2.26. The van der Waals surface area contributed by atoms with Gasteiger partial charge in [0.1, 0.15) is 0 Å². The zero-order valence-corrected chi connectivity index (χ0v) is 14.0. The number of H-pyrrole nitrogens is 1. The molecule has 1 saturated heterocycles. The highest BCUT2D eigenvalue weighted by Gasteiger charge is 2.21. The monoisotopic (exact) mass is 335 g/mol. The predicted octanol–water partition coefficient (Wildman–Crippen LogP) is 3.16. The second-order valence-electron chi connectivity index (χ2n) is 5.35. The number of nitrogens with zero attached hydrogens (tertiary/aromatic N) is 2. The minimum atomic E-state index is 0.181. The molecule has 2 heterocycles. The second kappa shape index (κ2) is 6.75. The van der Waals surface area contributed by atoms with Crippen LogP contribution >= 0.6 is 23.4 Å². The zero-order valence-electron chi connectivity index (χ0n) is 12.4. The van der Waals surface area contributed by atoms with Crippen LogP contribution in [0.3, 0.4) is 0 Å². The summed E-state index contributed by atoms with van der Waals surface area (Å²) >= 11 is 7.84. The number of thioether (sulfide) groups is 1. The third-order valence-corrected chi connectivity index (χ3v) is 5.08. The van der Waals surface area contributed by atoms with Crippen LogP contribution in [0.25, 0.3) is 11.3 Å². The van der Waals surface area contributed by atoms with Crippen molar-refractivity contribution in [3.8, 4) is 11.3 Å². The smallest absolute Gasteiger partial charge is 0.227 e. The highest BCUT2D eigenvalue weighted by Crippen LogP contribution is 2.26. The predicted molar refractivity (Wildman–Crippen MR) is 91.4 cm³/mol. The molecule has 3 rings (SSSR count). The summed E-state index contributed by atoms with van der Waals surface area (Å²) in [7, 11) is 0. The van der Waals surface area contributed by atoms with E-state index in [1.807, 2.05) is 47.9 Å². The zero-order chi connectivity index (χ0) is 15.5. The molecule has 1 amide bonds. The quantitative estimate of drug-likeness (QED) is 0.937. The van der Waals surface area contributed by atoms with Crippen molar-refractivity contribution in [2.45, 2.75) is 13.3 Å². The van der Waals surface area contributed by atoms with Crippen molar-refractivity contribution in [1.82, 2.24) is 15.1 Å². The first-order chi connectivity index (χ1) is 10.6. The number of benzene rings is 1. The highest BCUT2D eigenvalue weighted by atomic mass is 35.5. The fourth-order valence-electron chi connectivity index (χ4n) is 2.59. The maximum absolute atomic E-state index is 12.5. The van der Waals surface area contributed by atoms with Crippen molar-refractivity contribution in [1.29, 1.82) is 0 Å². The van der Waals surface area contributed by atoms with Crippen molar-refractivity contribution < 1.29 is 4.79 Å². The number of hydrogen-bond donors (Lipinski definition) is 1. The van der Waals surface area contributed by atoms with Crippen LogP contribution in [0.2, 0.25) is 5.02 Å². The minimum absolute atomic E-state index is 0.181. The molecule has 0 unspecified atom stereocenters. The molecule has 0 spiro atoms. The van der Waals surface area contributed by atoms with E-state index in [0.717, 1.165) is 47.1 Å². The van der Waals surface area contributed by atoms with Crippen molar-refractivity contribution >= 4 is 29.3 Å². The Morgan fingerprint density at radius 2 is 2.00 bits per heavy atom.